The van der Waals surface area contributed by atoms with Crippen molar-refractivity contribution in [1.29, 1.82) is 0 Å². The van der Waals surface area contributed by atoms with Crippen molar-refractivity contribution in [2.24, 2.45) is 0 Å². The van der Waals surface area contributed by atoms with E-state index < -0.39 is 0 Å². The van der Waals surface area contributed by atoms with E-state index in [2.05, 4.69) is 28.7 Å². The number of benzene rings is 1. The van der Waals surface area contributed by atoms with Gasteiger partial charge < -0.3 is 4.31 Å². The standard InChI is InChI=1S/C10H10ClNS/c11-10-4-2-9(3-5-10)8-12-6-1-7-13-12/h1-6H,7-8H2. The molecule has 1 aliphatic heterocycles. The SMILES string of the molecule is Clc1ccc(CN2C=CCS2)cc1. The van der Waals surface area contributed by atoms with Crippen molar-refractivity contribution in [3.05, 3.63) is 47.1 Å². The molecular weight excluding hydrogens is 202 g/mol. The number of hydrogen-bond acceptors (Lipinski definition) is 2. The molecule has 0 bridgehead atoms. The van der Waals surface area contributed by atoms with Crippen LogP contribution in [-0.4, -0.2) is 10.1 Å². The molecule has 1 nitrogen and oxygen atoms in total. The minimum absolute atomic E-state index is 0.799. The molecule has 0 saturated carbocycles. The highest BCUT2D eigenvalue weighted by Crippen LogP contribution is 2.21. The van der Waals surface area contributed by atoms with Gasteiger partial charge >= 0.3 is 0 Å². The van der Waals surface area contributed by atoms with Crippen molar-refractivity contribution >= 4 is 23.5 Å². The van der Waals surface area contributed by atoms with Crippen molar-refractivity contribution < 1.29 is 0 Å². The summed E-state index contributed by atoms with van der Waals surface area (Å²) in [6.45, 7) is 0.957. The van der Waals surface area contributed by atoms with Gasteiger partial charge in [-0.1, -0.05) is 29.8 Å². The average molecular weight is 212 g/mol. The Hall–Kier alpha value is -0.600. The highest BCUT2D eigenvalue weighted by molar-refractivity contribution is 7.97. The third kappa shape index (κ3) is 2.42. The predicted molar refractivity (Wildman–Crippen MR) is 58.6 cm³/mol. The molecule has 0 amide bonds. The lowest BCUT2D eigenvalue weighted by Gasteiger charge is -2.13. The van der Waals surface area contributed by atoms with Crippen LogP contribution in [0, 0.1) is 0 Å². The van der Waals surface area contributed by atoms with Crippen LogP contribution in [0.15, 0.2) is 36.5 Å². The van der Waals surface area contributed by atoms with Crippen LogP contribution in [0.1, 0.15) is 5.56 Å². The smallest absolute Gasteiger partial charge is 0.0539 e. The molecule has 3 heteroatoms. The largest absolute Gasteiger partial charge is 0.319 e. The Kier molecular flexibility index (Phi) is 2.81. The van der Waals surface area contributed by atoms with E-state index in [1.54, 1.807) is 0 Å². The molecule has 1 aliphatic rings. The van der Waals surface area contributed by atoms with E-state index in [0.717, 1.165) is 17.3 Å². The van der Waals surface area contributed by atoms with Gasteiger partial charge in [0, 0.05) is 17.0 Å². The van der Waals surface area contributed by atoms with Gasteiger partial charge in [0.1, 0.15) is 0 Å². The van der Waals surface area contributed by atoms with Gasteiger partial charge in [0.15, 0.2) is 0 Å². The van der Waals surface area contributed by atoms with Crippen molar-refractivity contribution in [3.63, 3.8) is 0 Å². The summed E-state index contributed by atoms with van der Waals surface area (Å²) in [5, 5.41) is 0.799. The normalized spacial score (nSPS) is 15.3. The van der Waals surface area contributed by atoms with E-state index >= 15 is 0 Å². The third-order valence-electron chi connectivity index (χ3n) is 1.86. The minimum atomic E-state index is 0.799. The second-order valence-electron chi connectivity index (χ2n) is 2.88. The maximum atomic E-state index is 5.80. The average Bonchev–Trinajstić information content (AvgIpc) is 2.62. The zero-order chi connectivity index (χ0) is 9.10. The molecule has 0 aromatic heterocycles. The number of halogens is 1. The van der Waals surface area contributed by atoms with Crippen molar-refractivity contribution in [2.45, 2.75) is 6.54 Å². The molecule has 13 heavy (non-hydrogen) atoms. The van der Waals surface area contributed by atoms with Crippen LogP contribution in [0.25, 0.3) is 0 Å². The topological polar surface area (TPSA) is 3.24 Å². The highest BCUT2D eigenvalue weighted by Gasteiger charge is 2.05. The first-order valence-corrected chi connectivity index (χ1v) is 5.47. The quantitative estimate of drug-likeness (QED) is 0.691. The van der Waals surface area contributed by atoms with Crippen LogP contribution in [0.2, 0.25) is 5.02 Å². The Morgan fingerprint density at radius 1 is 1.31 bits per heavy atom. The summed E-state index contributed by atoms with van der Waals surface area (Å²) in [6.07, 6.45) is 4.29. The molecule has 0 aliphatic carbocycles. The first-order chi connectivity index (χ1) is 6.34. The van der Waals surface area contributed by atoms with Crippen LogP contribution in [0.4, 0.5) is 0 Å². The minimum Gasteiger partial charge on any atom is -0.319 e. The molecule has 0 spiro atoms. The molecule has 0 unspecified atom stereocenters. The highest BCUT2D eigenvalue weighted by atomic mass is 35.5. The van der Waals surface area contributed by atoms with Crippen molar-refractivity contribution in [3.8, 4) is 0 Å². The van der Waals surface area contributed by atoms with Gasteiger partial charge in [0.2, 0.25) is 0 Å². The molecule has 1 heterocycles. The van der Waals surface area contributed by atoms with Crippen LogP contribution >= 0.6 is 23.5 Å². The van der Waals surface area contributed by atoms with Crippen molar-refractivity contribution in [2.75, 3.05) is 5.75 Å². The third-order valence-corrected chi connectivity index (χ3v) is 3.04. The molecule has 1 aromatic carbocycles. The van der Waals surface area contributed by atoms with Gasteiger partial charge in [-0.05, 0) is 29.6 Å². The van der Waals surface area contributed by atoms with Crippen LogP contribution in [-0.2, 0) is 6.54 Å². The zero-order valence-corrected chi connectivity index (χ0v) is 8.68. The second-order valence-corrected chi connectivity index (χ2v) is 4.38. The predicted octanol–water partition coefficient (Wildman–Crippen LogP) is 3.32. The summed E-state index contributed by atoms with van der Waals surface area (Å²) in [4.78, 5) is 0. The lowest BCUT2D eigenvalue weighted by Crippen LogP contribution is -2.03. The van der Waals surface area contributed by atoms with Gasteiger partial charge in [-0.2, -0.15) is 0 Å². The molecule has 0 radical (unpaired) electrons. The maximum absolute atomic E-state index is 5.80. The van der Waals surface area contributed by atoms with Crippen LogP contribution < -0.4 is 0 Å². The second kappa shape index (κ2) is 4.07. The van der Waals surface area contributed by atoms with Crippen molar-refractivity contribution in [1.82, 2.24) is 4.31 Å². The Bertz CT molecular complexity index is 307. The lowest BCUT2D eigenvalue weighted by atomic mass is 10.2. The first-order valence-electron chi connectivity index (χ1n) is 4.15. The molecule has 68 valence electrons. The molecule has 0 fully saturated rings. The summed E-state index contributed by atoms with van der Waals surface area (Å²) in [5.41, 5.74) is 1.29. The monoisotopic (exact) mass is 211 g/mol. The maximum Gasteiger partial charge on any atom is 0.0539 e. The van der Waals surface area contributed by atoms with Gasteiger partial charge in [0.25, 0.3) is 0 Å². The van der Waals surface area contributed by atoms with Gasteiger partial charge in [-0.25, -0.2) is 0 Å². The van der Waals surface area contributed by atoms with E-state index in [1.165, 1.54) is 5.56 Å². The fraction of sp³-hybridized carbons (Fsp3) is 0.200. The molecule has 1 aromatic rings. The fourth-order valence-corrected chi connectivity index (χ4v) is 2.11. The Labute approximate surface area is 87.5 Å². The number of rotatable bonds is 2. The summed E-state index contributed by atoms with van der Waals surface area (Å²) in [5.74, 6) is 1.09. The number of hydrogen-bond donors (Lipinski definition) is 0. The molecular formula is C10H10ClNS. The van der Waals surface area contributed by atoms with E-state index in [4.69, 9.17) is 11.6 Å². The van der Waals surface area contributed by atoms with E-state index in [1.807, 2.05) is 24.1 Å². The Morgan fingerprint density at radius 3 is 2.69 bits per heavy atom. The zero-order valence-electron chi connectivity index (χ0n) is 7.11. The van der Waals surface area contributed by atoms with Crippen LogP contribution in [0.3, 0.4) is 0 Å². The van der Waals surface area contributed by atoms with Gasteiger partial charge in [-0.3, -0.25) is 0 Å². The summed E-state index contributed by atoms with van der Waals surface area (Å²) >= 11 is 7.63. The summed E-state index contributed by atoms with van der Waals surface area (Å²) in [6, 6.07) is 7.99. The summed E-state index contributed by atoms with van der Waals surface area (Å²) < 4.78 is 2.23. The molecule has 2 rings (SSSR count). The van der Waals surface area contributed by atoms with Crippen LogP contribution in [0.5, 0.6) is 0 Å². The van der Waals surface area contributed by atoms with E-state index in [0.29, 0.717) is 0 Å². The Morgan fingerprint density at radius 2 is 2.08 bits per heavy atom. The van der Waals surface area contributed by atoms with Gasteiger partial charge in [-0.15, -0.1) is 0 Å². The number of nitrogens with zero attached hydrogens (tertiary/aromatic N) is 1. The summed E-state index contributed by atoms with van der Waals surface area (Å²) in [7, 11) is 0. The van der Waals surface area contributed by atoms with E-state index in [9.17, 15) is 0 Å². The fourth-order valence-electron chi connectivity index (χ4n) is 1.21. The molecule has 0 saturated heterocycles. The van der Waals surface area contributed by atoms with E-state index in [-0.39, 0.29) is 0 Å². The van der Waals surface area contributed by atoms with Gasteiger partial charge in [0.05, 0.1) is 6.54 Å². The molecule has 0 atom stereocenters. The first kappa shape index (κ1) is 8.97. The lowest BCUT2D eigenvalue weighted by molar-refractivity contribution is 0.628. The Balaban J connectivity index is 2.01. The molecule has 0 N–H and O–H groups in total.